The molecule has 21 heavy (non-hydrogen) atoms. The van der Waals surface area contributed by atoms with E-state index in [0.717, 1.165) is 19.5 Å². The molecule has 0 aromatic rings. The van der Waals surface area contributed by atoms with Crippen molar-refractivity contribution in [3.63, 3.8) is 0 Å². The van der Waals surface area contributed by atoms with Crippen LogP contribution in [0.4, 0.5) is 0 Å². The lowest BCUT2D eigenvalue weighted by Crippen LogP contribution is -2.52. The highest BCUT2D eigenvalue weighted by atomic mass is 16.2. The molecule has 0 bridgehead atoms. The number of rotatable bonds is 4. The number of amides is 2. The minimum atomic E-state index is -0.839. The first kappa shape index (κ1) is 17.4. The lowest BCUT2D eigenvalue weighted by molar-refractivity contribution is -0.128. The highest BCUT2D eigenvalue weighted by Crippen LogP contribution is 2.15. The van der Waals surface area contributed by atoms with Gasteiger partial charge in [-0.2, -0.15) is 5.26 Å². The van der Waals surface area contributed by atoms with Gasteiger partial charge in [0.25, 0.3) is 0 Å². The molecule has 1 rings (SSSR count). The standard InChI is InChI=1S/C15H26N4O2/c1-12(2)15(4,11-16)17-14(21)10-18-6-5-7-19(9-8-18)13(3)20/h12H,5-10H2,1-4H3,(H,17,21)/t15-/m1/s1. The first-order valence-corrected chi connectivity index (χ1v) is 7.48. The minimum Gasteiger partial charge on any atom is -0.342 e. The molecule has 0 aromatic heterocycles. The van der Waals surface area contributed by atoms with Gasteiger partial charge in [-0.05, 0) is 19.3 Å². The molecule has 0 aliphatic carbocycles. The zero-order valence-electron chi connectivity index (χ0n) is 13.5. The third-order valence-electron chi connectivity index (χ3n) is 4.19. The Hall–Kier alpha value is -1.61. The second-order valence-corrected chi connectivity index (χ2v) is 6.15. The summed E-state index contributed by atoms with van der Waals surface area (Å²) in [6, 6.07) is 2.18. The summed E-state index contributed by atoms with van der Waals surface area (Å²) in [6.45, 7) is 10.3. The third-order valence-corrected chi connectivity index (χ3v) is 4.19. The first-order valence-electron chi connectivity index (χ1n) is 7.48. The van der Waals surface area contributed by atoms with Crippen molar-refractivity contribution < 1.29 is 9.59 Å². The summed E-state index contributed by atoms with van der Waals surface area (Å²) in [4.78, 5) is 27.4. The number of nitrogens with one attached hydrogen (secondary N) is 1. The zero-order valence-corrected chi connectivity index (χ0v) is 13.5. The van der Waals surface area contributed by atoms with Crippen LogP contribution >= 0.6 is 0 Å². The van der Waals surface area contributed by atoms with Gasteiger partial charge in [-0.1, -0.05) is 13.8 Å². The molecule has 1 fully saturated rings. The van der Waals surface area contributed by atoms with E-state index < -0.39 is 5.54 Å². The van der Waals surface area contributed by atoms with Crippen LogP contribution in [0.1, 0.15) is 34.1 Å². The Morgan fingerprint density at radius 2 is 1.95 bits per heavy atom. The Bertz CT molecular complexity index is 430. The molecule has 1 N–H and O–H groups in total. The fraction of sp³-hybridized carbons (Fsp3) is 0.800. The molecule has 6 nitrogen and oxygen atoms in total. The molecule has 0 unspecified atom stereocenters. The van der Waals surface area contributed by atoms with E-state index in [2.05, 4.69) is 11.4 Å². The van der Waals surface area contributed by atoms with Crippen molar-refractivity contribution in [2.24, 2.45) is 5.92 Å². The van der Waals surface area contributed by atoms with Crippen LogP contribution in [-0.2, 0) is 9.59 Å². The van der Waals surface area contributed by atoms with Crippen LogP contribution in [0.15, 0.2) is 0 Å². The summed E-state index contributed by atoms with van der Waals surface area (Å²) in [6.07, 6.45) is 0.868. The number of nitrogens with zero attached hydrogens (tertiary/aromatic N) is 3. The summed E-state index contributed by atoms with van der Waals surface area (Å²) in [7, 11) is 0. The van der Waals surface area contributed by atoms with E-state index in [0.29, 0.717) is 13.1 Å². The van der Waals surface area contributed by atoms with Crippen molar-refractivity contribution in [3.8, 4) is 6.07 Å². The molecular formula is C15H26N4O2. The lowest BCUT2D eigenvalue weighted by Gasteiger charge is -2.29. The van der Waals surface area contributed by atoms with Gasteiger partial charge in [-0.25, -0.2) is 0 Å². The van der Waals surface area contributed by atoms with Gasteiger partial charge in [0.05, 0.1) is 12.6 Å². The summed E-state index contributed by atoms with van der Waals surface area (Å²) in [5.41, 5.74) is -0.839. The summed E-state index contributed by atoms with van der Waals surface area (Å²) < 4.78 is 0. The Morgan fingerprint density at radius 3 is 2.48 bits per heavy atom. The smallest absolute Gasteiger partial charge is 0.235 e. The minimum absolute atomic E-state index is 0.0452. The van der Waals surface area contributed by atoms with Crippen molar-refractivity contribution in [2.45, 2.75) is 39.7 Å². The third kappa shape index (κ3) is 5.01. The van der Waals surface area contributed by atoms with Crippen molar-refractivity contribution in [3.05, 3.63) is 0 Å². The van der Waals surface area contributed by atoms with E-state index in [1.807, 2.05) is 23.6 Å². The van der Waals surface area contributed by atoms with Gasteiger partial charge < -0.3 is 10.2 Å². The largest absolute Gasteiger partial charge is 0.342 e. The second kappa shape index (κ2) is 7.41. The van der Waals surface area contributed by atoms with Crippen molar-refractivity contribution in [1.82, 2.24) is 15.1 Å². The molecule has 1 aliphatic rings. The van der Waals surface area contributed by atoms with Gasteiger partial charge in [-0.3, -0.25) is 14.5 Å². The Balaban J connectivity index is 2.52. The Morgan fingerprint density at radius 1 is 1.29 bits per heavy atom. The molecule has 0 spiro atoms. The monoisotopic (exact) mass is 294 g/mol. The van der Waals surface area contributed by atoms with Gasteiger partial charge in [0.15, 0.2) is 0 Å². The van der Waals surface area contributed by atoms with Gasteiger partial charge >= 0.3 is 0 Å². The van der Waals surface area contributed by atoms with Gasteiger partial charge in [-0.15, -0.1) is 0 Å². The van der Waals surface area contributed by atoms with Crippen LogP contribution in [0.3, 0.4) is 0 Å². The predicted molar refractivity (Wildman–Crippen MR) is 80.3 cm³/mol. The second-order valence-electron chi connectivity index (χ2n) is 6.15. The van der Waals surface area contributed by atoms with Crippen LogP contribution in [0.2, 0.25) is 0 Å². The molecule has 0 saturated carbocycles. The van der Waals surface area contributed by atoms with Crippen LogP contribution in [0, 0.1) is 17.2 Å². The lowest BCUT2D eigenvalue weighted by atomic mass is 9.90. The van der Waals surface area contributed by atoms with Gasteiger partial charge in [0.1, 0.15) is 5.54 Å². The normalized spacial score (nSPS) is 19.5. The van der Waals surface area contributed by atoms with Crippen LogP contribution < -0.4 is 5.32 Å². The quantitative estimate of drug-likeness (QED) is 0.823. The van der Waals surface area contributed by atoms with Crippen LogP contribution in [0.25, 0.3) is 0 Å². The molecule has 0 aromatic carbocycles. The van der Waals surface area contributed by atoms with E-state index in [1.54, 1.807) is 13.8 Å². The number of carbonyl (C=O) groups is 2. The van der Waals surface area contributed by atoms with Crippen LogP contribution in [-0.4, -0.2) is 59.9 Å². The number of carbonyl (C=O) groups excluding carboxylic acids is 2. The highest BCUT2D eigenvalue weighted by molar-refractivity contribution is 5.79. The number of hydrogen-bond acceptors (Lipinski definition) is 4. The molecule has 1 heterocycles. The molecule has 118 valence electrons. The fourth-order valence-electron chi connectivity index (χ4n) is 2.28. The summed E-state index contributed by atoms with van der Waals surface area (Å²) >= 11 is 0. The van der Waals surface area contributed by atoms with E-state index in [9.17, 15) is 14.9 Å². The molecule has 2 amide bonds. The number of hydrogen-bond donors (Lipinski definition) is 1. The summed E-state index contributed by atoms with van der Waals surface area (Å²) in [5, 5.41) is 12.1. The SMILES string of the molecule is CC(=O)N1CCCN(CC(=O)N[C@](C)(C#N)C(C)C)CC1. The maximum Gasteiger partial charge on any atom is 0.235 e. The van der Waals surface area contributed by atoms with E-state index >= 15 is 0 Å². The van der Waals surface area contributed by atoms with Crippen molar-refractivity contribution >= 4 is 11.8 Å². The average molecular weight is 294 g/mol. The molecule has 1 atom stereocenters. The van der Waals surface area contributed by atoms with Gasteiger partial charge in [0, 0.05) is 33.1 Å². The molecule has 6 heteroatoms. The maximum atomic E-state index is 12.1. The molecule has 0 radical (unpaired) electrons. The van der Waals surface area contributed by atoms with E-state index in [1.165, 1.54) is 0 Å². The van der Waals surface area contributed by atoms with E-state index in [-0.39, 0.29) is 24.3 Å². The van der Waals surface area contributed by atoms with Gasteiger partial charge in [0.2, 0.25) is 11.8 Å². The van der Waals surface area contributed by atoms with Crippen molar-refractivity contribution in [2.75, 3.05) is 32.7 Å². The molecular weight excluding hydrogens is 268 g/mol. The molecule has 1 saturated heterocycles. The maximum absolute atomic E-state index is 12.1. The Kier molecular flexibility index (Phi) is 6.16. The zero-order chi connectivity index (χ0) is 16.0. The molecule has 1 aliphatic heterocycles. The summed E-state index contributed by atoms with van der Waals surface area (Å²) in [5.74, 6) is -0.00835. The fourth-order valence-corrected chi connectivity index (χ4v) is 2.28. The predicted octanol–water partition coefficient (Wildman–Crippen LogP) is 0.595. The number of nitriles is 1. The topological polar surface area (TPSA) is 76.4 Å². The highest BCUT2D eigenvalue weighted by Gasteiger charge is 2.30. The van der Waals surface area contributed by atoms with E-state index in [4.69, 9.17) is 0 Å². The first-order chi connectivity index (χ1) is 9.78. The Labute approximate surface area is 127 Å². The average Bonchev–Trinajstić information content (AvgIpc) is 2.63. The van der Waals surface area contributed by atoms with Crippen LogP contribution in [0.5, 0.6) is 0 Å². The van der Waals surface area contributed by atoms with Crippen molar-refractivity contribution in [1.29, 1.82) is 5.26 Å².